The average Bonchev–Trinajstić information content (AvgIpc) is 3.14. The first-order valence-corrected chi connectivity index (χ1v) is 7.35. The van der Waals surface area contributed by atoms with Crippen LogP contribution in [-0.4, -0.2) is 15.9 Å². The zero-order valence-corrected chi connectivity index (χ0v) is 12.2. The van der Waals surface area contributed by atoms with Crippen molar-refractivity contribution in [3.05, 3.63) is 35.2 Å². The fraction of sp³-hybridized carbons (Fsp3) is 0.438. The van der Waals surface area contributed by atoms with Crippen molar-refractivity contribution in [1.29, 1.82) is 0 Å². The molecule has 1 heterocycles. The third-order valence-electron chi connectivity index (χ3n) is 4.10. The van der Waals surface area contributed by atoms with Crippen LogP contribution >= 0.6 is 0 Å². The van der Waals surface area contributed by atoms with Crippen molar-refractivity contribution >= 4 is 5.78 Å². The Morgan fingerprint density at radius 3 is 2.95 bits per heavy atom. The highest BCUT2D eigenvalue weighted by molar-refractivity contribution is 5.79. The van der Waals surface area contributed by atoms with E-state index < -0.39 is 12.3 Å². The molecule has 3 rings (SSSR count). The number of carbonyl (C=O) groups excluding carboxylic acids is 1. The summed E-state index contributed by atoms with van der Waals surface area (Å²) in [6, 6.07) is 5.66. The first-order valence-electron chi connectivity index (χ1n) is 7.35. The van der Waals surface area contributed by atoms with Gasteiger partial charge in [0.25, 0.3) is 5.89 Å². The van der Waals surface area contributed by atoms with Gasteiger partial charge in [-0.25, -0.2) is 0 Å². The van der Waals surface area contributed by atoms with Crippen LogP contribution in [0.5, 0.6) is 0 Å². The summed E-state index contributed by atoms with van der Waals surface area (Å²) < 4.78 is 29.5. The van der Waals surface area contributed by atoms with Gasteiger partial charge in [-0.15, -0.1) is 0 Å². The summed E-state index contributed by atoms with van der Waals surface area (Å²) in [5.41, 5.74) is 2.97. The van der Waals surface area contributed by atoms with Crippen molar-refractivity contribution in [2.75, 3.05) is 0 Å². The number of carbonyl (C=O) groups is 1. The van der Waals surface area contributed by atoms with Gasteiger partial charge in [0.05, 0.1) is 0 Å². The molecular weight excluding hydrogens is 290 g/mol. The second-order valence-electron chi connectivity index (χ2n) is 5.50. The van der Waals surface area contributed by atoms with Gasteiger partial charge in [-0.1, -0.05) is 24.2 Å². The van der Waals surface area contributed by atoms with Gasteiger partial charge in [-0.05, 0) is 36.0 Å². The topological polar surface area (TPSA) is 56.0 Å². The summed E-state index contributed by atoms with van der Waals surface area (Å²) in [7, 11) is 0. The summed E-state index contributed by atoms with van der Waals surface area (Å²) in [6.07, 6.45) is 0.188. The Kier molecular flexibility index (Phi) is 4.00. The Hall–Kier alpha value is -2.11. The molecule has 0 aliphatic heterocycles. The number of alkyl halides is 2. The largest absolute Gasteiger partial charge is 0.333 e. The van der Waals surface area contributed by atoms with Gasteiger partial charge in [0.15, 0.2) is 0 Å². The molecule has 1 atom stereocenters. The normalized spacial score (nSPS) is 17.0. The Morgan fingerprint density at radius 1 is 1.45 bits per heavy atom. The molecule has 0 unspecified atom stereocenters. The van der Waals surface area contributed by atoms with Crippen LogP contribution < -0.4 is 0 Å². The summed E-state index contributed by atoms with van der Waals surface area (Å²) in [4.78, 5) is 15.3. The minimum atomic E-state index is -2.76. The molecule has 116 valence electrons. The first-order chi connectivity index (χ1) is 10.6. The van der Waals surface area contributed by atoms with E-state index in [0.29, 0.717) is 18.4 Å². The molecule has 6 heteroatoms. The lowest BCUT2D eigenvalue weighted by atomic mass is 9.94. The van der Waals surface area contributed by atoms with Gasteiger partial charge in [-0.3, -0.25) is 4.79 Å². The number of fused-ring (bicyclic) bond motifs is 1. The number of Topliss-reactive ketones (excluding diaryl/α,β-unsaturated/α-hetero) is 1. The lowest BCUT2D eigenvalue weighted by Crippen LogP contribution is -2.03. The number of hydrogen-bond acceptors (Lipinski definition) is 4. The van der Waals surface area contributed by atoms with Crippen molar-refractivity contribution in [2.24, 2.45) is 0 Å². The molecule has 0 saturated heterocycles. The SMILES string of the molecule is CCC(=O)C[C@@H]1CCc2cc(-c3noc(C(F)F)n3)ccc21. The molecule has 0 bridgehead atoms. The molecular formula is C16H16F2N2O2. The third kappa shape index (κ3) is 2.77. The summed E-state index contributed by atoms with van der Waals surface area (Å²) in [6.45, 7) is 1.87. The molecule has 0 amide bonds. The monoisotopic (exact) mass is 306 g/mol. The molecule has 0 spiro atoms. The van der Waals surface area contributed by atoms with Crippen molar-refractivity contribution < 1.29 is 18.1 Å². The van der Waals surface area contributed by atoms with Crippen LogP contribution in [0.25, 0.3) is 11.4 Å². The second-order valence-corrected chi connectivity index (χ2v) is 5.50. The molecule has 0 N–H and O–H groups in total. The maximum Gasteiger partial charge on any atom is 0.315 e. The number of benzene rings is 1. The molecule has 1 aromatic heterocycles. The minimum absolute atomic E-state index is 0.172. The van der Waals surface area contributed by atoms with Crippen molar-refractivity contribution in [1.82, 2.24) is 10.1 Å². The quantitative estimate of drug-likeness (QED) is 0.835. The van der Waals surface area contributed by atoms with Crippen LogP contribution in [0.2, 0.25) is 0 Å². The fourth-order valence-corrected chi connectivity index (χ4v) is 2.92. The van der Waals surface area contributed by atoms with E-state index in [1.807, 2.05) is 19.1 Å². The van der Waals surface area contributed by atoms with Crippen LogP contribution in [0, 0.1) is 0 Å². The van der Waals surface area contributed by atoms with E-state index in [-0.39, 0.29) is 17.5 Å². The molecule has 4 nitrogen and oxygen atoms in total. The summed E-state index contributed by atoms with van der Waals surface area (Å²) >= 11 is 0. The van der Waals surface area contributed by atoms with Gasteiger partial charge >= 0.3 is 6.43 Å². The van der Waals surface area contributed by atoms with Crippen LogP contribution in [0.4, 0.5) is 8.78 Å². The molecule has 1 aliphatic carbocycles. The Bertz CT molecular complexity index is 697. The summed E-state index contributed by atoms with van der Waals surface area (Å²) in [5.74, 6) is 0.0353. The maximum absolute atomic E-state index is 12.5. The molecule has 0 radical (unpaired) electrons. The number of ketones is 1. The predicted molar refractivity (Wildman–Crippen MR) is 75.7 cm³/mol. The zero-order chi connectivity index (χ0) is 15.7. The van der Waals surface area contributed by atoms with Crippen LogP contribution in [0.3, 0.4) is 0 Å². The number of halogens is 2. The van der Waals surface area contributed by atoms with E-state index in [0.717, 1.165) is 18.4 Å². The van der Waals surface area contributed by atoms with Crippen LogP contribution in [-0.2, 0) is 11.2 Å². The number of rotatable bonds is 5. The van der Waals surface area contributed by atoms with Crippen LogP contribution in [0.15, 0.2) is 22.7 Å². The van der Waals surface area contributed by atoms with E-state index in [1.54, 1.807) is 6.07 Å². The predicted octanol–water partition coefficient (Wildman–Crippen LogP) is 4.07. The Morgan fingerprint density at radius 2 is 2.27 bits per heavy atom. The number of aryl methyl sites for hydroxylation is 1. The molecule has 1 aromatic carbocycles. The summed E-state index contributed by atoms with van der Waals surface area (Å²) in [5, 5.41) is 3.59. The smallest absolute Gasteiger partial charge is 0.315 e. The number of aromatic nitrogens is 2. The third-order valence-corrected chi connectivity index (χ3v) is 4.10. The standard InChI is InChI=1S/C16H16F2N2O2/c1-2-12(21)8-10-4-3-9-7-11(5-6-13(9)10)15-19-16(14(17)18)22-20-15/h5-7,10,14H,2-4,8H2,1H3/t10-/m0/s1. The number of hydrogen-bond donors (Lipinski definition) is 0. The minimum Gasteiger partial charge on any atom is -0.333 e. The lowest BCUT2D eigenvalue weighted by Gasteiger charge is -2.10. The highest BCUT2D eigenvalue weighted by Gasteiger charge is 2.25. The van der Waals surface area contributed by atoms with E-state index in [2.05, 4.69) is 14.7 Å². The van der Waals surface area contributed by atoms with Gasteiger partial charge in [0.1, 0.15) is 5.78 Å². The van der Waals surface area contributed by atoms with Crippen molar-refractivity contribution in [2.45, 2.75) is 45.0 Å². The average molecular weight is 306 g/mol. The van der Waals surface area contributed by atoms with E-state index in [9.17, 15) is 13.6 Å². The van der Waals surface area contributed by atoms with Gasteiger partial charge in [0, 0.05) is 18.4 Å². The maximum atomic E-state index is 12.5. The van der Waals surface area contributed by atoms with E-state index >= 15 is 0 Å². The van der Waals surface area contributed by atoms with E-state index in [4.69, 9.17) is 0 Å². The second kappa shape index (κ2) is 5.94. The zero-order valence-electron chi connectivity index (χ0n) is 12.2. The van der Waals surface area contributed by atoms with E-state index in [1.165, 1.54) is 5.56 Å². The molecule has 22 heavy (non-hydrogen) atoms. The molecule has 1 aliphatic rings. The van der Waals surface area contributed by atoms with Gasteiger partial charge in [0.2, 0.25) is 5.82 Å². The number of nitrogens with zero attached hydrogens (tertiary/aromatic N) is 2. The fourth-order valence-electron chi connectivity index (χ4n) is 2.92. The first kappa shape index (κ1) is 14.8. The molecule has 0 fully saturated rings. The van der Waals surface area contributed by atoms with Gasteiger partial charge < -0.3 is 4.52 Å². The Labute approximate surface area is 126 Å². The molecule has 0 saturated carbocycles. The van der Waals surface area contributed by atoms with Crippen molar-refractivity contribution in [3.8, 4) is 11.4 Å². The lowest BCUT2D eigenvalue weighted by molar-refractivity contribution is -0.119. The highest BCUT2D eigenvalue weighted by Crippen LogP contribution is 2.37. The van der Waals surface area contributed by atoms with Crippen LogP contribution in [0.1, 0.15) is 55.5 Å². The van der Waals surface area contributed by atoms with Gasteiger partial charge in [-0.2, -0.15) is 13.8 Å². The Balaban J connectivity index is 1.84. The van der Waals surface area contributed by atoms with Crippen molar-refractivity contribution in [3.63, 3.8) is 0 Å². The molecule has 2 aromatic rings. The highest BCUT2D eigenvalue weighted by atomic mass is 19.3.